The lowest BCUT2D eigenvalue weighted by molar-refractivity contribution is 0.358. The molecule has 234 valence electrons. The zero-order valence-electron chi connectivity index (χ0n) is 27.5. The number of ether oxygens (including phenoxy) is 3. The van der Waals surface area contributed by atoms with Gasteiger partial charge in [-0.15, -0.1) is 0 Å². The van der Waals surface area contributed by atoms with Crippen molar-refractivity contribution in [2.24, 2.45) is 0 Å². The fraction of sp³-hybridized carbons (Fsp3) is 0.136. The van der Waals surface area contributed by atoms with Gasteiger partial charge in [0, 0.05) is 38.9 Å². The van der Waals surface area contributed by atoms with Crippen LogP contribution in [0.4, 0.5) is 17.1 Å². The van der Waals surface area contributed by atoms with Crippen LogP contribution in [0.15, 0.2) is 127 Å². The molecule has 0 bridgehead atoms. The van der Waals surface area contributed by atoms with Crippen LogP contribution in [-0.2, 0) is 10.8 Å². The van der Waals surface area contributed by atoms with Gasteiger partial charge in [-0.05, 0) is 77.4 Å². The number of rotatable bonds is 3. The van der Waals surface area contributed by atoms with Crippen molar-refractivity contribution in [2.45, 2.75) is 38.5 Å². The van der Waals surface area contributed by atoms with Gasteiger partial charge in [0.05, 0.1) is 5.69 Å². The molecule has 6 aromatic carbocycles. The number of para-hydroxylation sites is 5. The number of fused-ring (bicyclic) bond motifs is 7. The predicted molar refractivity (Wildman–Crippen MR) is 194 cm³/mol. The van der Waals surface area contributed by atoms with Gasteiger partial charge in [0.1, 0.15) is 11.5 Å². The molecule has 4 heteroatoms. The van der Waals surface area contributed by atoms with Crippen molar-refractivity contribution < 1.29 is 14.2 Å². The Hall–Kier alpha value is -5.74. The lowest BCUT2D eigenvalue weighted by Crippen LogP contribution is -2.27. The molecular formula is C44H35NO3. The minimum atomic E-state index is -0.417. The third-order valence-corrected chi connectivity index (χ3v) is 10.2. The molecule has 0 radical (unpaired) electrons. The maximum absolute atomic E-state index is 6.83. The number of benzene rings is 6. The van der Waals surface area contributed by atoms with Crippen molar-refractivity contribution in [3.8, 4) is 34.5 Å². The van der Waals surface area contributed by atoms with Gasteiger partial charge in [-0.2, -0.15) is 0 Å². The van der Waals surface area contributed by atoms with E-state index in [1.807, 2.05) is 42.5 Å². The van der Waals surface area contributed by atoms with Gasteiger partial charge in [-0.1, -0.05) is 107 Å². The highest BCUT2D eigenvalue weighted by Crippen LogP contribution is 2.58. The number of anilines is 3. The van der Waals surface area contributed by atoms with Crippen LogP contribution in [0, 0.1) is 0 Å². The average molecular weight is 626 g/mol. The second-order valence-electron chi connectivity index (χ2n) is 13.8. The molecule has 0 atom stereocenters. The summed E-state index contributed by atoms with van der Waals surface area (Å²) < 4.78 is 20.2. The fourth-order valence-electron chi connectivity index (χ4n) is 7.61. The first-order valence-electron chi connectivity index (χ1n) is 16.5. The predicted octanol–water partition coefficient (Wildman–Crippen LogP) is 12.3. The lowest BCUT2D eigenvalue weighted by Gasteiger charge is -2.38. The number of hydrogen-bond donors (Lipinski definition) is 0. The van der Waals surface area contributed by atoms with E-state index in [1.54, 1.807) is 0 Å². The summed E-state index contributed by atoms with van der Waals surface area (Å²) in [7, 11) is 0. The van der Waals surface area contributed by atoms with Crippen molar-refractivity contribution in [1.82, 2.24) is 0 Å². The van der Waals surface area contributed by atoms with Crippen LogP contribution in [0.2, 0.25) is 0 Å². The Morgan fingerprint density at radius 2 is 1.00 bits per heavy atom. The van der Waals surface area contributed by atoms with Crippen LogP contribution in [0.1, 0.15) is 61.1 Å². The first-order valence-corrected chi connectivity index (χ1v) is 16.5. The van der Waals surface area contributed by atoms with Crippen molar-refractivity contribution >= 4 is 29.2 Å². The Labute approximate surface area is 281 Å². The van der Waals surface area contributed by atoms with E-state index in [9.17, 15) is 0 Å². The fourth-order valence-corrected chi connectivity index (χ4v) is 7.61. The van der Waals surface area contributed by atoms with Crippen LogP contribution in [0.3, 0.4) is 0 Å². The molecule has 2 heterocycles. The van der Waals surface area contributed by atoms with E-state index in [0.717, 1.165) is 45.3 Å². The molecule has 0 spiro atoms. The Kier molecular flexibility index (Phi) is 6.16. The Morgan fingerprint density at radius 3 is 1.67 bits per heavy atom. The average Bonchev–Trinajstić information content (AvgIpc) is 3.21. The summed E-state index contributed by atoms with van der Waals surface area (Å²) in [6, 6.07) is 44.1. The summed E-state index contributed by atoms with van der Waals surface area (Å²) in [5, 5.41) is 0. The molecule has 0 unspecified atom stereocenters. The number of nitrogens with zero attached hydrogens (tertiary/aromatic N) is 1. The molecular weight excluding hydrogens is 590 g/mol. The maximum atomic E-state index is 6.83. The van der Waals surface area contributed by atoms with Crippen molar-refractivity contribution in [3.05, 3.63) is 161 Å². The highest BCUT2D eigenvalue weighted by Gasteiger charge is 2.40. The van der Waals surface area contributed by atoms with Gasteiger partial charge in [-0.3, -0.25) is 0 Å². The Balaban J connectivity index is 1.30. The molecule has 1 aliphatic carbocycles. The van der Waals surface area contributed by atoms with E-state index >= 15 is 0 Å². The zero-order chi connectivity index (χ0) is 32.6. The van der Waals surface area contributed by atoms with E-state index in [2.05, 4.69) is 130 Å². The summed E-state index contributed by atoms with van der Waals surface area (Å²) in [4.78, 5) is 2.27. The van der Waals surface area contributed by atoms with Crippen molar-refractivity contribution in [2.75, 3.05) is 4.90 Å². The van der Waals surface area contributed by atoms with Crippen molar-refractivity contribution in [1.29, 1.82) is 0 Å². The van der Waals surface area contributed by atoms with Gasteiger partial charge in [0.2, 0.25) is 0 Å². The van der Waals surface area contributed by atoms with E-state index < -0.39 is 5.41 Å². The van der Waals surface area contributed by atoms with Crippen LogP contribution in [0.25, 0.3) is 12.2 Å². The molecule has 0 N–H and O–H groups in total. The van der Waals surface area contributed by atoms with E-state index in [1.165, 1.54) is 16.7 Å². The Bertz CT molecular complexity index is 2230. The third kappa shape index (κ3) is 4.22. The van der Waals surface area contributed by atoms with Crippen LogP contribution < -0.4 is 19.1 Å². The Morgan fingerprint density at radius 1 is 0.438 bits per heavy atom. The van der Waals surface area contributed by atoms with Gasteiger partial charge < -0.3 is 19.1 Å². The zero-order valence-corrected chi connectivity index (χ0v) is 27.5. The van der Waals surface area contributed by atoms with E-state index in [4.69, 9.17) is 14.2 Å². The second kappa shape index (κ2) is 10.4. The van der Waals surface area contributed by atoms with E-state index in [-0.39, 0.29) is 5.41 Å². The van der Waals surface area contributed by atoms with Gasteiger partial charge in [0.25, 0.3) is 0 Å². The van der Waals surface area contributed by atoms with Gasteiger partial charge in [0.15, 0.2) is 23.0 Å². The van der Waals surface area contributed by atoms with Crippen LogP contribution >= 0.6 is 0 Å². The maximum Gasteiger partial charge on any atom is 0.194 e. The third-order valence-electron chi connectivity index (χ3n) is 10.2. The largest absolute Gasteiger partial charge is 0.457 e. The van der Waals surface area contributed by atoms with E-state index in [0.29, 0.717) is 23.0 Å². The molecule has 0 fully saturated rings. The monoisotopic (exact) mass is 625 g/mol. The summed E-state index contributed by atoms with van der Waals surface area (Å²) in [6.07, 6.45) is 4.39. The summed E-state index contributed by atoms with van der Waals surface area (Å²) >= 11 is 0. The SMILES string of the molecule is CC1(C)c2ccccc2Oc2cc3c(cc21)C(C)(C)c1cc(N(c2ccccc2)c2ccccc2)c2c(c1C=C3)Oc1ccccc1O2. The lowest BCUT2D eigenvalue weighted by atomic mass is 9.70. The topological polar surface area (TPSA) is 30.9 Å². The van der Waals surface area contributed by atoms with Crippen LogP contribution in [0.5, 0.6) is 34.5 Å². The minimum Gasteiger partial charge on any atom is -0.457 e. The smallest absolute Gasteiger partial charge is 0.194 e. The first-order chi connectivity index (χ1) is 23.3. The molecule has 3 aliphatic rings. The molecule has 0 saturated carbocycles. The second-order valence-corrected chi connectivity index (χ2v) is 13.8. The summed E-state index contributed by atoms with van der Waals surface area (Å²) in [5.41, 5.74) is 9.23. The highest BCUT2D eigenvalue weighted by atomic mass is 16.6. The molecule has 2 aliphatic heterocycles. The molecule has 4 nitrogen and oxygen atoms in total. The quantitative estimate of drug-likeness (QED) is 0.195. The van der Waals surface area contributed by atoms with Gasteiger partial charge >= 0.3 is 0 Å². The number of hydrogen-bond acceptors (Lipinski definition) is 4. The van der Waals surface area contributed by atoms with Gasteiger partial charge in [-0.25, -0.2) is 0 Å². The standard InChI is InChI=1S/C44H35NO3/c1-43(2)32-19-11-12-20-37(32)46-40-25-28-23-24-31-34(44(3,4)33(28)26-35(40)43)27-36(42-41(31)47-38-21-13-14-22-39(38)48-42)45(29-15-7-5-8-16-29)30-17-9-6-10-18-30/h5-27H,1-4H3. The normalized spacial score (nSPS) is 15.4. The molecule has 9 rings (SSSR count). The summed E-state index contributed by atoms with van der Waals surface area (Å²) in [6.45, 7) is 9.22. The summed E-state index contributed by atoms with van der Waals surface area (Å²) in [5.74, 6) is 4.61. The molecule has 0 amide bonds. The molecule has 0 saturated heterocycles. The molecule has 48 heavy (non-hydrogen) atoms. The molecule has 0 aromatic heterocycles. The molecule has 6 aromatic rings. The van der Waals surface area contributed by atoms with Crippen molar-refractivity contribution in [3.63, 3.8) is 0 Å². The first kappa shape index (κ1) is 28.5. The highest BCUT2D eigenvalue weighted by molar-refractivity contribution is 5.90. The minimum absolute atomic E-state index is 0.229. The van der Waals surface area contributed by atoms with Crippen LogP contribution in [-0.4, -0.2) is 0 Å².